The van der Waals surface area contributed by atoms with Crippen LogP contribution in [0.1, 0.15) is 32.1 Å². The molecule has 0 bridgehead atoms. The van der Waals surface area contributed by atoms with E-state index < -0.39 is 0 Å². The van der Waals surface area contributed by atoms with Crippen LogP contribution in [0.3, 0.4) is 0 Å². The molecule has 1 N–H and O–H groups in total. The predicted octanol–water partition coefficient (Wildman–Crippen LogP) is 1.63. The topological polar surface area (TPSA) is 38.3 Å². The van der Waals surface area contributed by atoms with Crippen LogP contribution in [0.2, 0.25) is 0 Å². The van der Waals surface area contributed by atoms with E-state index in [4.69, 9.17) is 4.74 Å². The number of hydrogen-bond acceptors (Lipinski definition) is 3. The number of carbonyl (C=O) groups is 1. The molecule has 0 aromatic rings. The van der Waals surface area contributed by atoms with Crippen molar-refractivity contribution in [1.29, 1.82) is 0 Å². The maximum atomic E-state index is 11.7. The molecule has 1 heterocycles. The normalized spacial score (nSPS) is 27.4. The van der Waals surface area contributed by atoms with Gasteiger partial charge in [0.05, 0.1) is 6.61 Å². The van der Waals surface area contributed by atoms with Crippen molar-refractivity contribution in [2.24, 2.45) is 11.3 Å². The fraction of sp³-hybridized carbons (Fsp3) is 0.917. The van der Waals surface area contributed by atoms with E-state index in [1.807, 2.05) is 0 Å². The molecular formula is C12H21NO2S. The van der Waals surface area contributed by atoms with Crippen molar-refractivity contribution >= 4 is 18.5 Å². The number of thiol groups is 1. The highest BCUT2D eigenvalue weighted by atomic mass is 32.1. The molecule has 0 aromatic heterocycles. The van der Waals surface area contributed by atoms with Crippen molar-refractivity contribution in [3.05, 3.63) is 0 Å². The van der Waals surface area contributed by atoms with Crippen LogP contribution in [0.15, 0.2) is 0 Å². The highest BCUT2D eigenvalue weighted by Crippen LogP contribution is 2.49. The highest BCUT2D eigenvalue weighted by Gasteiger charge is 2.42. The fourth-order valence-corrected chi connectivity index (χ4v) is 2.63. The molecule has 1 amide bonds. The Morgan fingerprint density at radius 3 is 2.88 bits per heavy atom. The van der Waals surface area contributed by atoms with Crippen molar-refractivity contribution < 1.29 is 9.53 Å². The van der Waals surface area contributed by atoms with Crippen LogP contribution in [0.5, 0.6) is 0 Å². The van der Waals surface area contributed by atoms with Crippen molar-refractivity contribution in [2.75, 3.05) is 25.5 Å². The summed E-state index contributed by atoms with van der Waals surface area (Å²) in [6.07, 6.45) is 5.29. The van der Waals surface area contributed by atoms with Crippen molar-refractivity contribution in [2.45, 2.75) is 32.1 Å². The second-order valence-corrected chi connectivity index (χ2v) is 5.54. The summed E-state index contributed by atoms with van der Waals surface area (Å²) in [6.45, 7) is 2.46. The van der Waals surface area contributed by atoms with Gasteiger partial charge in [0, 0.05) is 19.6 Å². The summed E-state index contributed by atoms with van der Waals surface area (Å²) in [5.41, 5.74) is 0.232. The van der Waals surface area contributed by atoms with Gasteiger partial charge in [0.15, 0.2) is 0 Å². The minimum atomic E-state index is 0.192. The Labute approximate surface area is 103 Å². The molecule has 92 valence electrons. The van der Waals surface area contributed by atoms with E-state index in [0.29, 0.717) is 12.3 Å². The summed E-state index contributed by atoms with van der Waals surface area (Å²) in [7, 11) is 0. The van der Waals surface area contributed by atoms with Gasteiger partial charge in [-0.05, 0) is 42.8 Å². The van der Waals surface area contributed by atoms with Gasteiger partial charge in [-0.2, -0.15) is 12.6 Å². The first-order valence-electron chi connectivity index (χ1n) is 6.19. The lowest BCUT2D eigenvalue weighted by molar-refractivity contribution is -0.122. The van der Waals surface area contributed by atoms with Crippen LogP contribution in [0.4, 0.5) is 0 Å². The Hall–Kier alpha value is -0.220. The third-order valence-electron chi connectivity index (χ3n) is 3.67. The molecule has 2 fully saturated rings. The van der Waals surface area contributed by atoms with E-state index in [0.717, 1.165) is 44.8 Å². The molecule has 3 nitrogen and oxygen atoms in total. The first-order chi connectivity index (χ1) is 7.74. The van der Waals surface area contributed by atoms with E-state index in [1.165, 1.54) is 6.42 Å². The summed E-state index contributed by atoms with van der Waals surface area (Å²) in [6, 6.07) is 0. The number of ether oxygens (including phenoxy) is 1. The lowest BCUT2D eigenvalue weighted by Gasteiger charge is -2.22. The second kappa shape index (κ2) is 5.41. The van der Waals surface area contributed by atoms with Gasteiger partial charge in [0.1, 0.15) is 0 Å². The molecule has 1 saturated heterocycles. The monoisotopic (exact) mass is 243 g/mol. The number of hydrogen-bond donors (Lipinski definition) is 2. The number of carbonyl (C=O) groups excluding carboxylic acids is 1. The molecule has 1 aliphatic heterocycles. The first kappa shape index (κ1) is 12.2. The van der Waals surface area contributed by atoms with Gasteiger partial charge < -0.3 is 10.1 Å². The van der Waals surface area contributed by atoms with Crippen LogP contribution in [-0.4, -0.2) is 31.4 Å². The first-order valence-corrected chi connectivity index (χ1v) is 6.83. The molecular weight excluding hydrogens is 222 g/mol. The standard InChI is InChI=1S/C12H21NO2S/c14-11(6-12(9-16)3-4-12)13-7-10-2-1-5-15-8-10/h10,16H,1-9H2,(H,13,14). The average Bonchev–Trinajstić information content (AvgIpc) is 3.08. The van der Waals surface area contributed by atoms with E-state index in [2.05, 4.69) is 17.9 Å². The van der Waals surface area contributed by atoms with E-state index in [1.54, 1.807) is 0 Å². The molecule has 0 spiro atoms. The molecule has 2 aliphatic rings. The Bertz CT molecular complexity index is 247. The smallest absolute Gasteiger partial charge is 0.220 e. The molecule has 4 heteroatoms. The van der Waals surface area contributed by atoms with Gasteiger partial charge in [-0.25, -0.2) is 0 Å². The maximum Gasteiger partial charge on any atom is 0.220 e. The molecule has 1 aliphatic carbocycles. The SMILES string of the molecule is O=C(CC1(CS)CC1)NCC1CCCOC1. The van der Waals surface area contributed by atoms with Gasteiger partial charge >= 0.3 is 0 Å². The Morgan fingerprint density at radius 1 is 1.50 bits per heavy atom. The maximum absolute atomic E-state index is 11.7. The lowest BCUT2D eigenvalue weighted by Crippen LogP contribution is -2.34. The zero-order valence-electron chi connectivity index (χ0n) is 9.71. The van der Waals surface area contributed by atoms with Gasteiger partial charge in [-0.15, -0.1) is 0 Å². The second-order valence-electron chi connectivity index (χ2n) is 5.22. The fourth-order valence-electron chi connectivity index (χ4n) is 2.20. The van der Waals surface area contributed by atoms with Gasteiger partial charge in [0.25, 0.3) is 0 Å². The number of amides is 1. The largest absolute Gasteiger partial charge is 0.381 e. The van der Waals surface area contributed by atoms with Crippen molar-refractivity contribution in [3.63, 3.8) is 0 Å². The third-order valence-corrected chi connectivity index (χ3v) is 4.34. The molecule has 0 radical (unpaired) electrons. The minimum Gasteiger partial charge on any atom is -0.381 e. The van der Waals surface area contributed by atoms with Crippen LogP contribution in [-0.2, 0) is 9.53 Å². The van der Waals surface area contributed by atoms with Crippen molar-refractivity contribution in [3.8, 4) is 0 Å². The molecule has 1 saturated carbocycles. The van der Waals surface area contributed by atoms with Crippen LogP contribution in [0, 0.1) is 11.3 Å². The highest BCUT2D eigenvalue weighted by molar-refractivity contribution is 7.80. The average molecular weight is 243 g/mol. The molecule has 0 aromatic carbocycles. The van der Waals surface area contributed by atoms with Gasteiger partial charge in [0.2, 0.25) is 5.91 Å². The Balaban J connectivity index is 1.63. The zero-order valence-corrected chi connectivity index (χ0v) is 10.6. The summed E-state index contributed by atoms with van der Waals surface area (Å²) >= 11 is 4.31. The number of nitrogens with one attached hydrogen (secondary N) is 1. The summed E-state index contributed by atoms with van der Waals surface area (Å²) in [4.78, 5) is 11.7. The molecule has 16 heavy (non-hydrogen) atoms. The van der Waals surface area contributed by atoms with Gasteiger partial charge in [-0.3, -0.25) is 4.79 Å². The van der Waals surface area contributed by atoms with E-state index >= 15 is 0 Å². The quantitative estimate of drug-likeness (QED) is 0.720. The predicted molar refractivity (Wildman–Crippen MR) is 66.7 cm³/mol. The number of rotatable bonds is 5. The van der Waals surface area contributed by atoms with Crippen LogP contribution >= 0.6 is 12.6 Å². The summed E-state index contributed by atoms with van der Waals surface area (Å²) in [5.74, 6) is 1.55. The third kappa shape index (κ3) is 3.39. The van der Waals surface area contributed by atoms with Crippen LogP contribution in [0.25, 0.3) is 0 Å². The molecule has 2 rings (SSSR count). The molecule has 1 atom stereocenters. The Morgan fingerprint density at radius 2 is 2.31 bits per heavy atom. The zero-order chi connectivity index (χ0) is 11.4. The summed E-state index contributed by atoms with van der Waals surface area (Å²) in [5, 5.41) is 3.03. The van der Waals surface area contributed by atoms with E-state index in [9.17, 15) is 4.79 Å². The summed E-state index contributed by atoms with van der Waals surface area (Å²) < 4.78 is 5.39. The lowest BCUT2D eigenvalue weighted by atomic mass is 10.0. The Kier molecular flexibility index (Phi) is 4.14. The molecule has 1 unspecified atom stereocenters. The van der Waals surface area contributed by atoms with Crippen molar-refractivity contribution in [1.82, 2.24) is 5.32 Å². The van der Waals surface area contributed by atoms with Crippen LogP contribution < -0.4 is 5.32 Å². The van der Waals surface area contributed by atoms with E-state index in [-0.39, 0.29) is 11.3 Å². The van der Waals surface area contributed by atoms with Gasteiger partial charge in [-0.1, -0.05) is 0 Å². The minimum absolute atomic E-state index is 0.192.